The second-order valence-electron chi connectivity index (χ2n) is 4.13. The van der Waals surface area contributed by atoms with Gasteiger partial charge in [-0.3, -0.25) is 5.10 Å². The average molecular weight is 255 g/mol. The molecule has 3 aromatic rings. The third kappa shape index (κ3) is 2.24. The Morgan fingerprint density at radius 1 is 1.11 bits per heavy atom. The van der Waals surface area contributed by atoms with Crippen LogP contribution in [0.1, 0.15) is 11.4 Å². The number of H-pyrrole nitrogens is 1. The molecule has 0 radical (unpaired) electrons. The zero-order valence-electron chi connectivity index (χ0n) is 10.1. The Labute approximate surface area is 110 Å². The van der Waals surface area contributed by atoms with Crippen LogP contribution in [0.2, 0.25) is 0 Å². The summed E-state index contributed by atoms with van der Waals surface area (Å²) in [4.78, 5) is 4.30. The maximum atomic E-state index is 4.30. The van der Waals surface area contributed by atoms with E-state index in [1.54, 1.807) is 11.8 Å². The molecule has 18 heavy (non-hydrogen) atoms. The van der Waals surface area contributed by atoms with Crippen molar-refractivity contribution in [2.75, 3.05) is 0 Å². The second kappa shape index (κ2) is 4.82. The summed E-state index contributed by atoms with van der Waals surface area (Å²) in [6, 6.07) is 14.8. The molecule has 0 aliphatic heterocycles. The smallest absolute Gasteiger partial charge is 0.208 e. The summed E-state index contributed by atoms with van der Waals surface area (Å²) in [5.74, 6) is 1.74. The number of hydrogen-bond acceptors (Lipinski definition) is 3. The number of nitrogens with zero attached hydrogens (tertiary/aromatic N) is 2. The van der Waals surface area contributed by atoms with Gasteiger partial charge in [0.2, 0.25) is 5.16 Å². The van der Waals surface area contributed by atoms with Crippen LogP contribution >= 0.6 is 11.8 Å². The monoisotopic (exact) mass is 255 g/mol. The van der Waals surface area contributed by atoms with Crippen LogP contribution in [-0.4, -0.2) is 15.2 Å². The summed E-state index contributed by atoms with van der Waals surface area (Å²) in [5, 5.41) is 10.4. The van der Waals surface area contributed by atoms with Gasteiger partial charge in [0, 0.05) is 5.75 Å². The van der Waals surface area contributed by atoms with E-state index >= 15 is 0 Å². The molecular formula is C14H13N3S. The summed E-state index contributed by atoms with van der Waals surface area (Å²) in [7, 11) is 0. The van der Waals surface area contributed by atoms with Crippen molar-refractivity contribution in [1.29, 1.82) is 0 Å². The normalized spacial score (nSPS) is 10.9. The average Bonchev–Trinajstić information content (AvgIpc) is 2.82. The summed E-state index contributed by atoms with van der Waals surface area (Å²) in [5.41, 5.74) is 1.32. The Hall–Kier alpha value is -1.81. The van der Waals surface area contributed by atoms with Crippen LogP contribution in [0.3, 0.4) is 0 Å². The van der Waals surface area contributed by atoms with Gasteiger partial charge in [0.15, 0.2) is 0 Å². The Kier molecular flexibility index (Phi) is 3.02. The Morgan fingerprint density at radius 2 is 1.94 bits per heavy atom. The van der Waals surface area contributed by atoms with Crippen molar-refractivity contribution in [1.82, 2.24) is 15.2 Å². The van der Waals surface area contributed by atoms with E-state index in [0.29, 0.717) is 0 Å². The third-order valence-corrected chi connectivity index (χ3v) is 3.71. The number of hydrogen-bond donors (Lipinski definition) is 1. The van der Waals surface area contributed by atoms with Crippen LogP contribution < -0.4 is 0 Å². The van der Waals surface area contributed by atoms with E-state index in [1.165, 1.54) is 16.3 Å². The van der Waals surface area contributed by atoms with Gasteiger partial charge in [0.25, 0.3) is 0 Å². The zero-order valence-corrected chi connectivity index (χ0v) is 10.9. The Morgan fingerprint density at radius 3 is 2.78 bits per heavy atom. The number of thioether (sulfide) groups is 1. The number of nitrogens with one attached hydrogen (secondary N) is 1. The first kappa shape index (κ1) is 11.3. The highest BCUT2D eigenvalue weighted by atomic mass is 32.2. The van der Waals surface area contributed by atoms with Gasteiger partial charge in [-0.1, -0.05) is 54.2 Å². The molecule has 1 aromatic heterocycles. The van der Waals surface area contributed by atoms with Crippen molar-refractivity contribution >= 4 is 22.5 Å². The number of benzene rings is 2. The van der Waals surface area contributed by atoms with Crippen molar-refractivity contribution in [3.8, 4) is 0 Å². The van der Waals surface area contributed by atoms with Gasteiger partial charge in [-0.05, 0) is 23.3 Å². The van der Waals surface area contributed by atoms with Crippen LogP contribution in [0.5, 0.6) is 0 Å². The highest BCUT2D eigenvalue weighted by molar-refractivity contribution is 7.98. The van der Waals surface area contributed by atoms with Crippen molar-refractivity contribution < 1.29 is 0 Å². The van der Waals surface area contributed by atoms with Crippen LogP contribution in [0.4, 0.5) is 0 Å². The molecular weight excluding hydrogens is 242 g/mol. The van der Waals surface area contributed by atoms with Gasteiger partial charge in [-0.15, -0.1) is 5.10 Å². The van der Waals surface area contributed by atoms with Crippen LogP contribution in [0, 0.1) is 6.92 Å². The number of aryl methyl sites for hydroxylation is 1. The summed E-state index contributed by atoms with van der Waals surface area (Å²) in [6.07, 6.45) is 0. The molecule has 90 valence electrons. The molecule has 2 aromatic carbocycles. The Bertz CT molecular complexity index is 670. The molecule has 1 heterocycles. The molecule has 0 aliphatic rings. The molecule has 0 aliphatic carbocycles. The highest BCUT2D eigenvalue weighted by Gasteiger charge is 2.04. The van der Waals surface area contributed by atoms with Crippen LogP contribution in [-0.2, 0) is 5.75 Å². The maximum Gasteiger partial charge on any atom is 0.208 e. The van der Waals surface area contributed by atoms with E-state index < -0.39 is 0 Å². The molecule has 0 saturated carbocycles. The molecule has 0 spiro atoms. The molecule has 3 nitrogen and oxygen atoms in total. The van der Waals surface area contributed by atoms with Crippen molar-refractivity contribution in [3.63, 3.8) is 0 Å². The fourth-order valence-electron chi connectivity index (χ4n) is 1.95. The first-order chi connectivity index (χ1) is 8.83. The fraction of sp³-hybridized carbons (Fsp3) is 0.143. The van der Waals surface area contributed by atoms with Crippen molar-refractivity contribution in [2.24, 2.45) is 0 Å². The summed E-state index contributed by atoms with van der Waals surface area (Å²) in [6.45, 7) is 1.91. The lowest BCUT2D eigenvalue weighted by molar-refractivity contribution is 0.969. The minimum atomic E-state index is 0.806. The van der Waals surface area contributed by atoms with E-state index in [0.717, 1.165) is 16.7 Å². The van der Waals surface area contributed by atoms with Gasteiger partial charge in [-0.2, -0.15) is 0 Å². The van der Waals surface area contributed by atoms with Crippen molar-refractivity contribution in [3.05, 3.63) is 53.9 Å². The molecule has 1 N–H and O–H groups in total. The highest BCUT2D eigenvalue weighted by Crippen LogP contribution is 2.25. The van der Waals surface area contributed by atoms with E-state index in [9.17, 15) is 0 Å². The lowest BCUT2D eigenvalue weighted by Crippen LogP contribution is -1.84. The minimum absolute atomic E-state index is 0.806. The first-order valence-corrected chi connectivity index (χ1v) is 6.80. The van der Waals surface area contributed by atoms with Gasteiger partial charge in [0.1, 0.15) is 5.82 Å². The molecule has 0 fully saturated rings. The largest absolute Gasteiger partial charge is 0.262 e. The lowest BCUT2D eigenvalue weighted by Gasteiger charge is -2.04. The van der Waals surface area contributed by atoms with Gasteiger partial charge >= 0.3 is 0 Å². The Balaban J connectivity index is 1.86. The zero-order chi connectivity index (χ0) is 12.4. The van der Waals surface area contributed by atoms with Crippen LogP contribution in [0.25, 0.3) is 10.8 Å². The van der Waals surface area contributed by atoms with Gasteiger partial charge in [0.05, 0.1) is 0 Å². The number of fused-ring (bicyclic) bond motifs is 1. The fourth-order valence-corrected chi connectivity index (χ4v) is 2.80. The van der Waals surface area contributed by atoms with E-state index in [-0.39, 0.29) is 0 Å². The summed E-state index contributed by atoms with van der Waals surface area (Å²) < 4.78 is 0. The van der Waals surface area contributed by atoms with Gasteiger partial charge < -0.3 is 0 Å². The van der Waals surface area contributed by atoms with E-state index in [4.69, 9.17) is 0 Å². The third-order valence-electron chi connectivity index (χ3n) is 2.81. The molecule has 0 unspecified atom stereocenters. The topological polar surface area (TPSA) is 41.6 Å². The predicted molar refractivity (Wildman–Crippen MR) is 74.6 cm³/mol. The molecule has 0 amide bonds. The standard InChI is InChI=1S/C14H13N3S/c1-10-15-14(17-16-10)18-9-12-7-4-6-11-5-2-3-8-13(11)12/h2-8H,9H2,1H3,(H,15,16,17). The second-order valence-corrected chi connectivity index (χ2v) is 5.07. The molecule has 0 atom stereocenters. The van der Waals surface area contributed by atoms with Crippen molar-refractivity contribution in [2.45, 2.75) is 17.8 Å². The van der Waals surface area contributed by atoms with E-state index in [2.05, 4.69) is 57.6 Å². The molecule has 3 rings (SSSR count). The molecule has 0 bridgehead atoms. The first-order valence-electron chi connectivity index (χ1n) is 5.81. The number of rotatable bonds is 3. The van der Waals surface area contributed by atoms with Crippen LogP contribution in [0.15, 0.2) is 47.6 Å². The predicted octanol–water partition coefficient (Wildman–Crippen LogP) is 3.56. The lowest BCUT2D eigenvalue weighted by atomic mass is 10.1. The maximum absolute atomic E-state index is 4.30. The number of aromatic amines is 1. The summed E-state index contributed by atoms with van der Waals surface area (Å²) >= 11 is 1.66. The SMILES string of the molecule is Cc1nc(SCc2cccc3ccccc23)n[nH]1. The minimum Gasteiger partial charge on any atom is -0.262 e. The van der Waals surface area contributed by atoms with E-state index in [1.807, 2.05) is 6.92 Å². The van der Waals surface area contributed by atoms with Gasteiger partial charge in [-0.25, -0.2) is 4.98 Å². The molecule has 4 heteroatoms. The number of aromatic nitrogens is 3. The molecule has 0 saturated heterocycles. The quantitative estimate of drug-likeness (QED) is 0.728.